The van der Waals surface area contributed by atoms with E-state index in [-0.39, 0.29) is 6.61 Å². The van der Waals surface area contributed by atoms with Crippen molar-refractivity contribution in [2.45, 2.75) is 44.3 Å². The van der Waals surface area contributed by atoms with Crippen molar-refractivity contribution in [1.29, 1.82) is 0 Å². The van der Waals surface area contributed by atoms with Crippen LogP contribution in [0.2, 0.25) is 0 Å². The molecule has 2 aromatic heterocycles. The van der Waals surface area contributed by atoms with E-state index in [0.29, 0.717) is 18.5 Å². The van der Waals surface area contributed by atoms with Crippen LogP contribution in [0, 0.1) is 0 Å². The molecule has 1 aliphatic rings. The van der Waals surface area contributed by atoms with E-state index in [1.54, 1.807) is 0 Å². The number of ether oxygens (including phenoxy) is 1. The van der Waals surface area contributed by atoms with Gasteiger partial charge in [0.15, 0.2) is 5.60 Å². The first-order valence-corrected chi connectivity index (χ1v) is 7.00. The molecule has 20 heavy (non-hydrogen) atoms. The van der Waals surface area contributed by atoms with Gasteiger partial charge in [-0.1, -0.05) is 12.5 Å². The SMILES string of the molecule is O=C(OCc1cn2ccccc2n1)C1(O)CCCCC1. The van der Waals surface area contributed by atoms with Crippen molar-refractivity contribution in [3.63, 3.8) is 0 Å². The first kappa shape index (κ1) is 13.1. The van der Waals surface area contributed by atoms with Crippen LogP contribution in [-0.2, 0) is 16.1 Å². The van der Waals surface area contributed by atoms with E-state index in [9.17, 15) is 9.90 Å². The standard InChI is InChI=1S/C15H18N2O3/c18-14(15(19)7-3-1-4-8-15)20-11-12-10-17-9-5-2-6-13(17)16-12/h2,5-6,9-10,19H,1,3-4,7-8,11H2. The molecule has 0 atom stereocenters. The number of aromatic nitrogens is 2. The first-order chi connectivity index (χ1) is 9.67. The van der Waals surface area contributed by atoms with Crippen molar-refractivity contribution in [2.24, 2.45) is 0 Å². The average Bonchev–Trinajstić information content (AvgIpc) is 2.88. The van der Waals surface area contributed by atoms with Gasteiger partial charge in [0.2, 0.25) is 0 Å². The van der Waals surface area contributed by atoms with Gasteiger partial charge in [-0.25, -0.2) is 9.78 Å². The van der Waals surface area contributed by atoms with E-state index in [0.717, 1.165) is 24.9 Å². The van der Waals surface area contributed by atoms with Crippen LogP contribution in [0.3, 0.4) is 0 Å². The number of aliphatic hydroxyl groups is 1. The summed E-state index contributed by atoms with van der Waals surface area (Å²) in [5.74, 6) is -0.519. The molecule has 2 aromatic rings. The fourth-order valence-electron chi connectivity index (χ4n) is 2.67. The number of rotatable bonds is 3. The normalized spacial score (nSPS) is 18.1. The molecule has 0 radical (unpaired) electrons. The van der Waals surface area contributed by atoms with Gasteiger partial charge in [-0.05, 0) is 37.8 Å². The van der Waals surface area contributed by atoms with Gasteiger partial charge in [0.1, 0.15) is 12.3 Å². The summed E-state index contributed by atoms with van der Waals surface area (Å²) in [6.07, 6.45) is 7.53. The lowest BCUT2D eigenvalue weighted by Gasteiger charge is -2.29. The number of fused-ring (bicyclic) bond motifs is 1. The van der Waals surface area contributed by atoms with Crippen LogP contribution in [-0.4, -0.2) is 26.1 Å². The zero-order valence-electron chi connectivity index (χ0n) is 11.3. The largest absolute Gasteiger partial charge is 0.457 e. The van der Waals surface area contributed by atoms with Gasteiger partial charge in [-0.3, -0.25) is 0 Å². The van der Waals surface area contributed by atoms with Crippen molar-refractivity contribution in [3.8, 4) is 0 Å². The third kappa shape index (κ3) is 2.54. The van der Waals surface area contributed by atoms with Crippen LogP contribution >= 0.6 is 0 Å². The van der Waals surface area contributed by atoms with Gasteiger partial charge in [-0.2, -0.15) is 0 Å². The highest BCUT2D eigenvalue weighted by molar-refractivity contribution is 5.79. The minimum absolute atomic E-state index is 0.100. The molecule has 1 N–H and O–H groups in total. The van der Waals surface area contributed by atoms with Gasteiger partial charge in [-0.15, -0.1) is 0 Å². The summed E-state index contributed by atoms with van der Waals surface area (Å²) in [5.41, 5.74) is 0.205. The summed E-state index contributed by atoms with van der Waals surface area (Å²) in [6.45, 7) is 0.100. The Balaban J connectivity index is 1.65. The molecule has 106 valence electrons. The van der Waals surface area contributed by atoms with E-state index in [2.05, 4.69) is 4.98 Å². The highest BCUT2D eigenvalue weighted by Crippen LogP contribution is 2.29. The van der Waals surface area contributed by atoms with E-state index in [1.165, 1.54) is 0 Å². The van der Waals surface area contributed by atoms with Gasteiger partial charge < -0.3 is 14.2 Å². The molecular formula is C15H18N2O3. The second kappa shape index (κ2) is 5.25. The lowest BCUT2D eigenvalue weighted by Crippen LogP contribution is -2.41. The predicted molar refractivity (Wildman–Crippen MR) is 73.0 cm³/mol. The Labute approximate surface area is 117 Å². The molecule has 0 aromatic carbocycles. The number of pyridine rings is 1. The highest BCUT2D eigenvalue weighted by Gasteiger charge is 2.38. The number of hydrogen-bond donors (Lipinski definition) is 1. The number of hydrogen-bond acceptors (Lipinski definition) is 4. The van der Waals surface area contributed by atoms with E-state index < -0.39 is 11.6 Å². The minimum Gasteiger partial charge on any atom is -0.457 e. The van der Waals surface area contributed by atoms with Gasteiger partial charge in [0, 0.05) is 12.4 Å². The van der Waals surface area contributed by atoms with Crippen LogP contribution < -0.4 is 0 Å². The molecule has 0 bridgehead atoms. The summed E-state index contributed by atoms with van der Waals surface area (Å²) in [4.78, 5) is 16.4. The van der Waals surface area contributed by atoms with Gasteiger partial charge in [0.25, 0.3) is 0 Å². The third-order valence-corrected chi connectivity index (χ3v) is 3.83. The monoisotopic (exact) mass is 274 g/mol. The maximum Gasteiger partial charge on any atom is 0.338 e. The zero-order valence-corrected chi connectivity index (χ0v) is 11.3. The number of nitrogens with zero attached hydrogens (tertiary/aromatic N) is 2. The lowest BCUT2D eigenvalue weighted by molar-refractivity contribution is -0.170. The topological polar surface area (TPSA) is 63.8 Å². The fraction of sp³-hybridized carbons (Fsp3) is 0.467. The minimum atomic E-state index is -1.29. The molecule has 1 aliphatic carbocycles. The molecule has 3 rings (SSSR count). The average molecular weight is 274 g/mol. The molecule has 0 unspecified atom stereocenters. The molecule has 5 heteroatoms. The van der Waals surface area contributed by atoms with Crippen LogP contribution in [0.4, 0.5) is 0 Å². The smallest absolute Gasteiger partial charge is 0.338 e. The molecular weight excluding hydrogens is 256 g/mol. The Morgan fingerprint density at radius 2 is 2.15 bits per heavy atom. The quantitative estimate of drug-likeness (QED) is 0.870. The maximum atomic E-state index is 12.0. The number of carbonyl (C=O) groups is 1. The first-order valence-electron chi connectivity index (χ1n) is 7.00. The van der Waals surface area contributed by atoms with Crippen molar-refractivity contribution in [1.82, 2.24) is 9.38 Å². The van der Waals surface area contributed by atoms with Crippen LogP contribution in [0.15, 0.2) is 30.6 Å². The van der Waals surface area contributed by atoms with E-state index in [4.69, 9.17) is 4.74 Å². The Morgan fingerprint density at radius 1 is 1.35 bits per heavy atom. The highest BCUT2D eigenvalue weighted by atomic mass is 16.5. The number of esters is 1. The van der Waals surface area contributed by atoms with E-state index >= 15 is 0 Å². The molecule has 0 saturated heterocycles. The second-order valence-corrected chi connectivity index (χ2v) is 5.37. The van der Waals surface area contributed by atoms with Crippen molar-refractivity contribution < 1.29 is 14.6 Å². The summed E-state index contributed by atoms with van der Waals surface area (Å²) < 4.78 is 7.11. The maximum absolute atomic E-state index is 12.0. The molecule has 1 saturated carbocycles. The molecule has 0 aliphatic heterocycles. The van der Waals surface area contributed by atoms with Crippen LogP contribution in [0.25, 0.3) is 5.65 Å². The Bertz CT molecular complexity index is 581. The number of carbonyl (C=O) groups excluding carboxylic acids is 1. The van der Waals surface area contributed by atoms with Crippen molar-refractivity contribution >= 4 is 11.6 Å². The van der Waals surface area contributed by atoms with E-state index in [1.807, 2.05) is 35.0 Å². The third-order valence-electron chi connectivity index (χ3n) is 3.83. The Hall–Kier alpha value is -1.88. The van der Waals surface area contributed by atoms with Crippen LogP contribution in [0.5, 0.6) is 0 Å². The molecule has 0 amide bonds. The molecule has 2 heterocycles. The van der Waals surface area contributed by atoms with Gasteiger partial charge in [0.05, 0.1) is 5.69 Å². The van der Waals surface area contributed by atoms with Crippen molar-refractivity contribution in [3.05, 3.63) is 36.3 Å². The Morgan fingerprint density at radius 3 is 2.90 bits per heavy atom. The molecule has 5 nitrogen and oxygen atoms in total. The zero-order chi connectivity index (χ0) is 14.0. The second-order valence-electron chi connectivity index (χ2n) is 5.37. The summed E-state index contributed by atoms with van der Waals surface area (Å²) in [6, 6.07) is 5.71. The lowest BCUT2D eigenvalue weighted by atomic mass is 9.85. The number of imidazole rings is 1. The summed E-state index contributed by atoms with van der Waals surface area (Å²) >= 11 is 0. The van der Waals surface area contributed by atoms with Crippen LogP contribution in [0.1, 0.15) is 37.8 Å². The molecule has 0 spiro atoms. The van der Waals surface area contributed by atoms with Gasteiger partial charge >= 0.3 is 5.97 Å². The molecule has 1 fully saturated rings. The Kier molecular flexibility index (Phi) is 3.44. The van der Waals surface area contributed by atoms with Crippen molar-refractivity contribution in [2.75, 3.05) is 0 Å². The summed E-state index contributed by atoms with van der Waals surface area (Å²) in [7, 11) is 0. The predicted octanol–water partition coefficient (Wildman–Crippen LogP) is 2.07. The summed E-state index contributed by atoms with van der Waals surface area (Å²) in [5, 5.41) is 10.3. The fourth-order valence-corrected chi connectivity index (χ4v) is 2.67.